The van der Waals surface area contributed by atoms with Crippen LogP contribution in [0.25, 0.3) is 0 Å². The van der Waals surface area contributed by atoms with Crippen LogP contribution in [0.5, 0.6) is 0 Å². The van der Waals surface area contributed by atoms with Crippen molar-refractivity contribution >= 4 is 5.82 Å². The summed E-state index contributed by atoms with van der Waals surface area (Å²) >= 11 is 0. The Morgan fingerprint density at radius 1 is 1.29 bits per heavy atom. The molecular formula is C14H19N3. The van der Waals surface area contributed by atoms with E-state index in [-0.39, 0.29) is 0 Å². The summed E-state index contributed by atoms with van der Waals surface area (Å²) in [7, 11) is 0. The quantitative estimate of drug-likeness (QED) is 0.876. The molecule has 0 bridgehead atoms. The summed E-state index contributed by atoms with van der Waals surface area (Å²) in [6, 6.07) is 10.8. The third kappa shape index (κ3) is 2.67. The van der Waals surface area contributed by atoms with Crippen molar-refractivity contribution in [3.63, 3.8) is 0 Å². The third-order valence-electron chi connectivity index (χ3n) is 3.14. The van der Waals surface area contributed by atoms with Gasteiger partial charge >= 0.3 is 0 Å². The lowest BCUT2D eigenvalue weighted by atomic mass is 10.1. The van der Waals surface area contributed by atoms with Gasteiger partial charge < -0.3 is 5.73 Å². The molecule has 0 fully saturated rings. The fraction of sp³-hybridized carbons (Fsp3) is 0.357. The number of hydrogen-bond donors (Lipinski definition) is 1. The molecule has 0 saturated carbocycles. The van der Waals surface area contributed by atoms with Crippen molar-refractivity contribution in [1.29, 1.82) is 0 Å². The summed E-state index contributed by atoms with van der Waals surface area (Å²) in [5.41, 5.74) is 8.39. The Balaban J connectivity index is 1.98. The molecule has 2 rings (SSSR count). The minimum atomic E-state index is 0.337. The molecule has 3 nitrogen and oxygen atoms in total. The molecule has 1 aromatic carbocycles. The van der Waals surface area contributed by atoms with Gasteiger partial charge in [0.2, 0.25) is 0 Å². The van der Waals surface area contributed by atoms with Gasteiger partial charge in [-0.2, -0.15) is 5.10 Å². The smallest absolute Gasteiger partial charge is 0.124 e. The maximum Gasteiger partial charge on any atom is 0.124 e. The number of aromatic nitrogens is 2. The third-order valence-corrected chi connectivity index (χ3v) is 3.14. The van der Waals surface area contributed by atoms with E-state index in [1.807, 2.05) is 23.9 Å². The number of rotatable bonds is 4. The van der Waals surface area contributed by atoms with Crippen LogP contribution in [0.3, 0.4) is 0 Å². The number of hydrogen-bond acceptors (Lipinski definition) is 2. The van der Waals surface area contributed by atoms with Crippen molar-refractivity contribution in [2.75, 3.05) is 5.73 Å². The zero-order valence-electron chi connectivity index (χ0n) is 10.4. The molecule has 0 saturated heterocycles. The molecule has 0 aliphatic heterocycles. The van der Waals surface area contributed by atoms with Crippen LogP contribution in [-0.2, 0) is 6.42 Å². The van der Waals surface area contributed by atoms with Gasteiger partial charge in [0.25, 0.3) is 0 Å². The van der Waals surface area contributed by atoms with Gasteiger partial charge in [-0.1, -0.05) is 30.3 Å². The minimum Gasteiger partial charge on any atom is -0.384 e. The summed E-state index contributed by atoms with van der Waals surface area (Å²) in [6.45, 7) is 4.15. The molecule has 0 amide bonds. The summed E-state index contributed by atoms with van der Waals surface area (Å²) in [6.07, 6.45) is 3.93. The highest BCUT2D eigenvalue weighted by molar-refractivity contribution is 5.37. The largest absolute Gasteiger partial charge is 0.384 e. The van der Waals surface area contributed by atoms with Crippen molar-refractivity contribution in [3.8, 4) is 0 Å². The lowest BCUT2D eigenvalue weighted by Crippen LogP contribution is -2.11. The standard InChI is InChI=1S/C14H19N3/c1-11-10-16-17(14(11)15)12(2)8-9-13-6-4-3-5-7-13/h3-7,10,12H,8-9,15H2,1-2H3. The Kier molecular flexibility index (Phi) is 3.47. The highest BCUT2D eigenvalue weighted by Crippen LogP contribution is 2.19. The first kappa shape index (κ1) is 11.7. The van der Waals surface area contributed by atoms with Crippen molar-refractivity contribution in [1.82, 2.24) is 9.78 Å². The number of aryl methyl sites for hydroxylation is 2. The lowest BCUT2D eigenvalue weighted by Gasteiger charge is -2.14. The monoisotopic (exact) mass is 229 g/mol. The Labute approximate surface area is 102 Å². The van der Waals surface area contributed by atoms with Crippen LogP contribution < -0.4 is 5.73 Å². The second-order valence-electron chi connectivity index (χ2n) is 4.53. The SMILES string of the molecule is Cc1cnn(C(C)CCc2ccccc2)c1N. The van der Waals surface area contributed by atoms with Gasteiger partial charge in [-0.3, -0.25) is 0 Å². The van der Waals surface area contributed by atoms with E-state index in [9.17, 15) is 0 Å². The van der Waals surface area contributed by atoms with Crippen molar-refractivity contribution in [2.45, 2.75) is 32.7 Å². The van der Waals surface area contributed by atoms with E-state index in [1.54, 1.807) is 0 Å². The maximum absolute atomic E-state index is 5.97. The number of anilines is 1. The normalized spacial score (nSPS) is 12.6. The molecule has 2 N–H and O–H groups in total. The fourth-order valence-electron chi connectivity index (χ4n) is 1.95. The zero-order chi connectivity index (χ0) is 12.3. The molecule has 2 aromatic rings. The molecule has 0 aliphatic rings. The second kappa shape index (κ2) is 5.04. The average Bonchev–Trinajstić information content (AvgIpc) is 2.69. The van der Waals surface area contributed by atoms with Gasteiger partial charge in [0, 0.05) is 5.56 Å². The Morgan fingerprint density at radius 2 is 2.00 bits per heavy atom. The molecule has 0 spiro atoms. The van der Waals surface area contributed by atoms with Crippen LogP contribution in [0.15, 0.2) is 36.5 Å². The molecule has 1 atom stereocenters. The Morgan fingerprint density at radius 3 is 2.59 bits per heavy atom. The van der Waals surface area contributed by atoms with Crippen LogP contribution in [-0.4, -0.2) is 9.78 Å². The first-order valence-electron chi connectivity index (χ1n) is 6.02. The van der Waals surface area contributed by atoms with Crippen molar-refractivity contribution < 1.29 is 0 Å². The maximum atomic E-state index is 5.97. The van der Waals surface area contributed by atoms with Crippen LogP contribution >= 0.6 is 0 Å². The number of nitrogen functional groups attached to an aromatic ring is 1. The predicted octanol–water partition coefficient (Wildman–Crippen LogP) is 2.97. The van der Waals surface area contributed by atoms with Crippen LogP contribution in [0.1, 0.15) is 30.5 Å². The molecule has 1 heterocycles. The zero-order valence-corrected chi connectivity index (χ0v) is 10.4. The van der Waals surface area contributed by atoms with E-state index < -0.39 is 0 Å². The summed E-state index contributed by atoms with van der Waals surface area (Å²) < 4.78 is 1.91. The van der Waals surface area contributed by atoms with Gasteiger partial charge in [-0.15, -0.1) is 0 Å². The van der Waals surface area contributed by atoms with E-state index in [0.717, 1.165) is 24.2 Å². The topological polar surface area (TPSA) is 43.8 Å². The average molecular weight is 229 g/mol. The first-order valence-corrected chi connectivity index (χ1v) is 6.02. The minimum absolute atomic E-state index is 0.337. The van der Waals surface area contributed by atoms with Crippen molar-refractivity contribution in [3.05, 3.63) is 47.7 Å². The van der Waals surface area contributed by atoms with E-state index in [1.165, 1.54) is 5.56 Å². The number of nitrogens with zero attached hydrogens (tertiary/aromatic N) is 2. The van der Waals surface area contributed by atoms with Gasteiger partial charge in [-0.25, -0.2) is 4.68 Å². The second-order valence-corrected chi connectivity index (χ2v) is 4.53. The lowest BCUT2D eigenvalue weighted by molar-refractivity contribution is 0.466. The van der Waals surface area contributed by atoms with Gasteiger partial charge in [0.15, 0.2) is 0 Å². The van der Waals surface area contributed by atoms with Crippen LogP contribution in [0.4, 0.5) is 5.82 Å². The molecule has 17 heavy (non-hydrogen) atoms. The summed E-state index contributed by atoms with van der Waals surface area (Å²) in [5, 5.41) is 4.32. The molecule has 0 aliphatic carbocycles. The Bertz CT molecular complexity index is 473. The van der Waals surface area contributed by atoms with E-state index in [0.29, 0.717) is 6.04 Å². The van der Waals surface area contributed by atoms with Gasteiger partial charge in [-0.05, 0) is 32.3 Å². The highest BCUT2D eigenvalue weighted by Gasteiger charge is 2.10. The molecule has 1 aromatic heterocycles. The fourth-order valence-corrected chi connectivity index (χ4v) is 1.95. The Hall–Kier alpha value is -1.77. The van der Waals surface area contributed by atoms with Gasteiger partial charge in [0.05, 0.1) is 12.2 Å². The van der Waals surface area contributed by atoms with E-state index >= 15 is 0 Å². The first-order chi connectivity index (χ1) is 8.18. The van der Waals surface area contributed by atoms with E-state index in [4.69, 9.17) is 5.73 Å². The summed E-state index contributed by atoms with van der Waals surface area (Å²) in [5.74, 6) is 0.783. The molecule has 1 unspecified atom stereocenters. The number of nitrogens with two attached hydrogens (primary N) is 1. The number of benzene rings is 1. The predicted molar refractivity (Wildman–Crippen MR) is 70.9 cm³/mol. The molecule has 0 radical (unpaired) electrons. The van der Waals surface area contributed by atoms with Gasteiger partial charge in [0.1, 0.15) is 5.82 Å². The van der Waals surface area contributed by atoms with E-state index in [2.05, 4.69) is 36.3 Å². The highest BCUT2D eigenvalue weighted by atomic mass is 15.3. The van der Waals surface area contributed by atoms with Crippen LogP contribution in [0, 0.1) is 6.92 Å². The molecular weight excluding hydrogens is 210 g/mol. The van der Waals surface area contributed by atoms with Crippen LogP contribution in [0.2, 0.25) is 0 Å². The molecule has 3 heteroatoms. The molecule has 90 valence electrons. The van der Waals surface area contributed by atoms with Crippen molar-refractivity contribution in [2.24, 2.45) is 0 Å². The summed E-state index contributed by atoms with van der Waals surface area (Å²) in [4.78, 5) is 0.